The summed E-state index contributed by atoms with van der Waals surface area (Å²) in [7, 11) is 0. The number of carbonyl (C=O) groups is 2. The van der Waals surface area contributed by atoms with Gasteiger partial charge in [-0.1, -0.05) is 12.1 Å². The number of carbonyl (C=O) groups excluding carboxylic acids is 2. The van der Waals surface area contributed by atoms with E-state index in [0.29, 0.717) is 66.1 Å². The molecule has 0 saturated carbocycles. The lowest BCUT2D eigenvalue weighted by atomic mass is 10.1. The molecule has 2 aromatic heterocycles. The molecule has 0 aliphatic carbocycles. The Morgan fingerprint density at radius 1 is 0.892 bits per heavy atom. The van der Waals surface area contributed by atoms with Crippen molar-refractivity contribution in [1.29, 1.82) is 0 Å². The molecule has 2 aliphatic rings. The Labute approximate surface area is 213 Å². The van der Waals surface area contributed by atoms with Crippen molar-refractivity contribution >= 4 is 39.4 Å². The Balaban J connectivity index is 1.19. The first-order valence-electron chi connectivity index (χ1n) is 12.7. The number of aromatic nitrogens is 3. The van der Waals surface area contributed by atoms with Gasteiger partial charge in [-0.2, -0.15) is 0 Å². The third-order valence-corrected chi connectivity index (χ3v) is 7.40. The standard InChI is InChI=1S/C27H29N7O3/c28-23-18-15-17(27(37)34-13-11-32(12-14-34)16-22(35)33-9-3-4-10-33)7-8-19(18)29-24(23)25-26(36)31-21-6-2-1-5-20(21)30-25/h1-2,5-8,15,29H,3-4,9-14,16,28H2,(H,31,36). The number of fused-ring (bicyclic) bond motifs is 2. The molecule has 190 valence electrons. The molecule has 10 heteroatoms. The van der Waals surface area contributed by atoms with Gasteiger partial charge in [0.15, 0.2) is 5.69 Å². The van der Waals surface area contributed by atoms with E-state index in [1.807, 2.05) is 34.1 Å². The van der Waals surface area contributed by atoms with Crippen LogP contribution in [-0.4, -0.2) is 87.3 Å². The first kappa shape index (κ1) is 23.2. The molecule has 2 aliphatic heterocycles. The first-order valence-corrected chi connectivity index (χ1v) is 12.7. The van der Waals surface area contributed by atoms with Crippen LogP contribution >= 0.6 is 0 Å². The average molecular weight is 500 g/mol. The van der Waals surface area contributed by atoms with E-state index < -0.39 is 0 Å². The lowest BCUT2D eigenvalue weighted by molar-refractivity contribution is -0.131. The molecule has 10 nitrogen and oxygen atoms in total. The van der Waals surface area contributed by atoms with E-state index in [0.717, 1.165) is 31.4 Å². The van der Waals surface area contributed by atoms with E-state index in [2.05, 4.69) is 19.9 Å². The Hall–Kier alpha value is -4.18. The summed E-state index contributed by atoms with van der Waals surface area (Å²) in [4.78, 5) is 54.9. The molecule has 0 atom stereocenters. The number of nitrogen functional groups attached to an aromatic ring is 1. The number of para-hydroxylation sites is 2. The maximum absolute atomic E-state index is 13.3. The topological polar surface area (TPSA) is 131 Å². The highest BCUT2D eigenvalue weighted by atomic mass is 16.2. The molecule has 4 N–H and O–H groups in total. The summed E-state index contributed by atoms with van der Waals surface area (Å²) >= 11 is 0. The van der Waals surface area contributed by atoms with Gasteiger partial charge in [0.2, 0.25) is 5.91 Å². The van der Waals surface area contributed by atoms with Gasteiger partial charge < -0.3 is 25.5 Å². The van der Waals surface area contributed by atoms with Crippen molar-refractivity contribution in [3.63, 3.8) is 0 Å². The van der Waals surface area contributed by atoms with Crippen molar-refractivity contribution in [3.8, 4) is 11.4 Å². The Bertz CT molecular complexity index is 1560. The molecule has 4 heterocycles. The summed E-state index contributed by atoms with van der Waals surface area (Å²) in [5, 5.41) is 0.671. The van der Waals surface area contributed by atoms with Gasteiger partial charge in [0.05, 0.1) is 29.0 Å². The van der Waals surface area contributed by atoms with Gasteiger partial charge in [-0.15, -0.1) is 0 Å². The number of nitrogens with zero attached hydrogens (tertiary/aromatic N) is 4. The van der Waals surface area contributed by atoms with E-state index in [-0.39, 0.29) is 23.1 Å². The number of nitrogens with one attached hydrogen (secondary N) is 2. The molecule has 2 fully saturated rings. The molecular weight excluding hydrogens is 470 g/mol. The Kier molecular flexibility index (Phi) is 5.88. The van der Waals surface area contributed by atoms with Gasteiger partial charge in [0.1, 0.15) is 0 Å². The molecule has 2 aromatic carbocycles. The zero-order chi connectivity index (χ0) is 25.5. The van der Waals surface area contributed by atoms with Gasteiger partial charge >= 0.3 is 0 Å². The number of hydrogen-bond acceptors (Lipinski definition) is 6. The molecule has 2 amide bonds. The predicted octanol–water partition coefficient (Wildman–Crippen LogP) is 2.03. The monoisotopic (exact) mass is 499 g/mol. The van der Waals surface area contributed by atoms with E-state index in [4.69, 9.17) is 5.73 Å². The number of amides is 2. The van der Waals surface area contributed by atoms with Gasteiger partial charge in [0, 0.05) is 55.7 Å². The van der Waals surface area contributed by atoms with Crippen LogP contribution < -0.4 is 11.3 Å². The normalized spacial score (nSPS) is 16.6. The summed E-state index contributed by atoms with van der Waals surface area (Å²) in [5.41, 5.74) is 9.71. The second-order valence-corrected chi connectivity index (χ2v) is 9.76. The van der Waals surface area contributed by atoms with E-state index in [1.54, 1.807) is 18.2 Å². The molecule has 0 bridgehead atoms. The summed E-state index contributed by atoms with van der Waals surface area (Å²) in [6.07, 6.45) is 2.17. The SMILES string of the molecule is Nc1c(-c2nc3ccccc3[nH]c2=O)[nH]c2ccc(C(=O)N3CCN(CC(=O)N4CCCC4)CC3)cc12. The molecule has 2 saturated heterocycles. The fraction of sp³-hybridized carbons (Fsp3) is 0.333. The maximum Gasteiger partial charge on any atom is 0.276 e. The van der Waals surface area contributed by atoms with E-state index in [9.17, 15) is 14.4 Å². The van der Waals surface area contributed by atoms with Crippen molar-refractivity contribution in [3.05, 3.63) is 58.4 Å². The fourth-order valence-corrected chi connectivity index (χ4v) is 5.28. The van der Waals surface area contributed by atoms with Crippen LogP contribution in [0.2, 0.25) is 0 Å². The van der Waals surface area contributed by atoms with Crippen molar-refractivity contribution in [1.82, 2.24) is 29.7 Å². The van der Waals surface area contributed by atoms with Crippen LogP contribution in [0.25, 0.3) is 33.3 Å². The van der Waals surface area contributed by atoms with Crippen LogP contribution in [0, 0.1) is 0 Å². The smallest absolute Gasteiger partial charge is 0.276 e. The van der Waals surface area contributed by atoms with E-state index in [1.165, 1.54) is 0 Å². The van der Waals surface area contributed by atoms with Crippen molar-refractivity contribution in [2.24, 2.45) is 0 Å². The number of rotatable bonds is 4. The molecule has 0 spiro atoms. The minimum absolute atomic E-state index is 0.0729. The second kappa shape index (κ2) is 9.36. The predicted molar refractivity (Wildman–Crippen MR) is 142 cm³/mol. The largest absolute Gasteiger partial charge is 0.396 e. The summed E-state index contributed by atoms with van der Waals surface area (Å²) in [5.74, 6) is 0.109. The molecule has 4 aromatic rings. The fourth-order valence-electron chi connectivity index (χ4n) is 5.28. The van der Waals surface area contributed by atoms with Gasteiger partial charge in [-0.05, 0) is 43.2 Å². The third-order valence-electron chi connectivity index (χ3n) is 7.40. The van der Waals surface area contributed by atoms with Crippen LogP contribution in [0.5, 0.6) is 0 Å². The highest BCUT2D eigenvalue weighted by Gasteiger charge is 2.26. The number of nitrogens with two attached hydrogens (primary N) is 1. The number of aromatic amines is 2. The summed E-state index contributed by atoms with van der Waals surface area (Å²) < 4.78 is 0. The average Bonchev–Trinajstić information content (AvgIpc) is 3.57. The zero-order valence-corrected chi connectivity index (χ0v) is 20.5. The number of H-pyrrole nitrogens is 2. The van der Waals surface area contributed by atoms with Crippen LogP contribution in [0.3, 0.4) is 0 Å². The minimum Gasteiger partial charge on any atom is -0.396 e. The number of anilines is 1. The maximum atomic E-state index is 13.3. The third kappa shape index (κ3) is 4.33. The van der Waals surface area contributed by atoms with Crippen LogP contribution in [0.15, 0.2) is 47.3 Å². The first-order chi connectivity index (χ1) is 18.0. The summed E-state index contributed by atoms with van der Waals surface area (Å²) in [6.45, 7) is 4.59. The number of benzene rings is 2. The van der Waals surface area contributed by atoms with Crippen molar-refractivity contribution in [2.75, 3.05) is 51.5 Å². The Morgan fingerprint density at radius 2 is 1.65 bits per heavy atom. The number of likely N-dealkylation sites (tertiary alicyclic amines) is 1. The van der Waals surface area contributed by atoms with Crippen LogP contribution in [0.4, 0.5) is 5.69 Å². The minimum atomic E-state index is -0.339. The molecule has 0 unspecified atom stereocenters. The van der Waals surface area contributed by atoms with Gasteiger partial charge in [-0.3, -0.25) is 19.3 Å². The molecule has 37 heavy (non-hydrogen) atoms. The van der Waals surface area contributed by atoms with Crippen molar-refractivity contribution < 1.29 is 9.59 Å². The molecular formula is C27H29N7O3. The number of hydrogen-bond donors (Lipinski definition) is 3. The van der Waals surface area contributed by atoms with Crippen LogP contribution in [-0.2, 0) is 4.79 Å². The van der Waals surface area contributed by atoms with Crippen LogP contribution in [0.1, 0.15) is 23.2 Å². The summed E-state index contributed by atoms with van der Waals surface area (Å²) in [6, 6.07) is 12.7. The highest BCUT2D eigenvalue weighted by Crippen LogP contribution is 2.31. The van der Waals surface area contributed by atoms with Gasteiger partial charge in [-0.25, -0.2) is 4.98 Å². The molecule has 0 radical (unpaired) electrons. The quantitative estimate of drug-likeness (QED) is 0.394. The lowest BCUT2D eigenvalue weighted by Gasteiger charge is -2.35. The Morgan fingerprint density at radius 3 is 2.43 bits per heavy atom. The van der Waals surface area contributed by atoms with E-state index >= 15 is 0 Å². The highest BCUT2D eigenvalue weighted by molar-refractivity contribution is 6.04. The second-order valence-electron chi connectivity index (χ2n) is 9.76. The number of piperazine rings is 1. The lowest BCUT2D eigenvalue weighted by Crippen LogP contribution is -2.51. The van der Waals surface area contributed by atoms with Crippen molar-refractivity contribution in [2.45, 2.75) is 12.8 Å². The zero-order valence-electron chi connectivity index (χ0n) is 20.5. The van der Waals surface area contributed by atoms with Gasteiger partial charge in [0.25, 0.3) is 11.5 Å². The molecule has 6 rings (SSSR count).